The molecule has 0 aromatic heterocycles. The van der Waals surface area contributed by atoms with Crippen molar-refractivity contribution in [3.63, 3.8) is 0 Å². The van der Waals surface area contributed by atoms with E-state index in [2.05, 4.69) is 6.92 Å². The first-order valence-electron chi connectivity index (χ1n) is 6.01. The van der Waals surface area contributed by atoms with Crippen LogP contribution in [0.4, 0.5) is 0 Å². The molecule has 0 bridgehead atoms. The van der Waals surface area contributed by atoms with Gasteiger partial charge in [0.25, 0.3) is 0 Å². The second kappa shape index (κ2) is 9.37. The maximum atomic E-state index is 11.0. The van der Waals surface area contributed by atoms with E-state index in [1.807, 2.05) is 0 Å². The SMILES string of the molecule is CCCCC1CCC(C(=O)O)C(C(=O)O)C1.O.[AlH2]. The van der Waals surface area contributed by atoms with Gasteiger partial charge in [-0.05, 0) is 25.2 Å². The lowest BCUT2D eigenvalue weighted by molar-refractivity contribution is -0.156. The minimum absolute atomic E-state index is 0. The van der Waals surface area contributed by atoms with E-state index in [0.29, 0.717) is 18.8 Å². The number of rotatable bonds is 5. The Bertz CT molecular complexity index is 269. The van der Waals surface area contributed by atoms with E-state index in [4.69, 9.17) is 10.2 Å². The van der Waals surface area contributed by atoms with Crippen LogP contribution in [0.1, 0.15) is 45.4 Å². The molecule has 0 amide bonds. The molecule has 0 aromatic carbocycles. The van der Waals surface area contributed by atoms with E-state index in [-0.39, 0.29) is 22.8 Å². The summed E-state index contributed by atoms with van der Waals surface area (Å²) in [5.41, 5.74) is 0. The first kappa shape index (κ1) is 19.8. The van der Waals surface area contributed by atoms with Gasteiger partial charge >= 0.3 is 11.9 Å². The van der Waals surface area contributed by atoms with E-state index in [1.165, 1.54) is 0 Å². The predicted octanol–water partition coefficient (Wildman–Crippen LogP) is 0.637. The fraction of sp³-hybridized carbons (Fsp3) is 0.833. The monoisotopic (exact) mass is 275 g/mol. The zero-order valence-corrected chi connectivity index (χ0v) is 13.2. The Morgan fingerprint density at radius 3 is 2.11 bits per heavy atom. The minimum atomic E-state index is -0.957. The lowest BCUT2D eigenvalue weighted by Gasteiger charge is -2.31. The van der Waals surface area contributed by atoms with Gasteiger partial charge in [-0.1, -0.05) is 26.2 Å². The van der Waals surface area contributed by atoms with Crippen molar-refractivity contribution in [1.29, 1.82) is 0 Å². The van der Waals surface area contributed by atoms with E-state index in [1.54, 1.807) is 0 Å². The minimum Gasteiger partial charge on any atom is -0.481 e. The molecule has 0 spiro atoms. The normalized spacial score (nSPS) is 26.6. The van der Waals surface area contributed by atoms with Crippen LogP contribution in [0, 0.1) is 17.8 Å². The van der Waals surface area contributed by atoms with E-state index in [9.17, 15) is 9.59 Å². The highest BCUT2D eigenvalue weighted by molar-refractivity contribution is 5.80. The molecule has 1 radical (unpaired) electrons. The molecule has 6 heteroatoms. The standard InChI is InChI=1S/C12H20O4.Al.H2O.2H/c1-2-3-4-8-5-6-9(11(13)14)10(7-8)12(15)16;;;;/h8-10H,2-7H2,1H3,(H,13,14)(H,15,16);;1H2;;. The number of carbonyl (C=O) groups is 2. The Morgan fingerprint density at radius 1 is 1.11 bits per heavy atom. The molecule has 1 aliphatic carbocycles. The molecule has 5 nitrogen and oxygen atoms in total. The van der Waals surface area contributed by atoms with Gasteiger partial charge in [0.05, 0.1) is 11.8 Å². The van der Waals surface area contributed by atoms with Crippen molar-refractivity contribution in [2.24, 2.45) is 17.8 Å². The average molecular weight is 275 g/mol. The summed E-state index contributed by atoms with van der Waals surface area (Å²) >= 11 is 0. The lowest BCUT2D eigenvalue weighted by atomic mass is 9.72. The fourth-order valence-electron chi connectivity index (χ4n) is 2.58. The first-order valence-corrected chi connectivity index (χ1v) is 6.01. The zero-order valence-electron chi connectivity index (χ0n) is 11.2. The second-order valence-corrected chi connectivity index (χ2v) is 4.71. The van der Waals surface area contributed by atoms with Crippen LogP contribution in [-0.2, 0) is 9.59 Å². The van der Waals surface area contributed by atoms with Gasteiger partial charge in [-0.15, -0.1) is 0 Å². The van der Waals surface area contributed by atoms with Crippen molar-refractivity contribution in [3.8, 4) is 0 Å². The summed E-state index contributed by atoms with van der Waals surface area (Å²) in [6.07, 6.45) is 5.16. The molecule has 105 valence electrons. The molecule has 1 rings (SSSR count). The summed E-state index contributed by atoms with van der Waals surface area (Å²) in [4.78, 5) is 22.0. The molecule has 1 saturated carbocycles. The quantitative estimate of drug-likeness (QED) is 0.718. The third-order valence-electron chi connectivity index (χ3n) is 3.56. The maximum absolute atomic E-state index is 11.0. The molecule has 0 aromatic rings. The van der Waals surface area contributed by atoms with Gasteiger partial charge in [0, 0.05) is 0 Å². The molecule has 4 N–H and O–H groups in total. The Hall–Kier alpha value is -0.568. The average Bonchev–Trinajstić information content (AvgIpc) is 2.25. The highest BCUT2D eigenvalue weighted by atomic mass is 27.0. The van der Waals surface area contributed by atoms with Gasteiger partial charge in [0.1, 0.15) is 17.4 Å². The smallest absolute Gasteiger partial charge is 0.307 e. The van der Waals surface area contributed by atoms with Crippen LogP contribution in [0.2, 0.25) is 0 Å². The van der Waals surface area contributed by atoms with Gasteiger partial charge in [0.15, 0.2) is 0 Å². The van der Waals surface area contributed by atoms with Crippen molar-refractivity contribution in [2.75, 3.05) is 0 Å². The number of carboxylic acids is 2. The summed E-state index contributed by atoms with van der Waals surface area (Å²) in [5.74, 6) is -2.88. The first-order chi connectivity index (χ1) is 7.56. The van der Waals surface area contributed by atoms with E-state index in [0.717, 1.165) is 25.7 Å². The van der Waals surface area contributed by atoms with Crippen LogP contribution >= 0.6 is 0 Å². The molecular weight excluding hydrogens is 251 g/mol. The van der Waals surface area contributed by atoms with Gasteiger partial charge in [-0.2, -0.15) is 0 Å². The third-order valence-corrected chi connectivity index (χ3v) is 3.56. The van der Waals surface area contributed by atoms with E-state index < -0.39 is 23.8 Å². The molecule has 3 unspecified atom stereocenters. The Labute approximate surface area is 118 Å². The summed E-state index contributed by atoms with van der Waals surface area (Å²) in [7, 11) is 0. The second-order valence-electron chi connectivity index (χ2n) is 4.71. The van der Waals surface area contributed by atoms with Crippen molar-refractivity contribution in [3.05, 3.63) is 0 Å². The molecule has 0 heterocycles. The number of hydrogen-bond donors (Lipinski definition) is 2. The van der Waals surface area contributed by atoms with Crippen LogP contribution in [0.25, 0.3) is 0 Å². The Kier molecular flexibility index (Phi) is 10.3. The lowest BCUT2D eigenvalue weighted by Crippen LogP contribution is -2.35. The maximum Gasteiger partial charge on any atom is 0.307 e. The predicted molar refractivity (Wildman–Crippen MR) is 71.3 cm³/mol. The largest absolute Gasteiger partial charge is 0.481 e. The van der Waals surface area contributed by atoms with Gasteiger partial charge in [-0.25, -0.2) is 0 Å². The van der Waals surface area contributed by atoms with Crippen molar-refractivity contribution in [1.82, 2.24) is 0 Å². The molecule has 1 aliphatic rings. The number of unbranched alkanes of at least 4 members (excludes halogenated alkanes) is 1. The summed E-state index contributed by atoms with van der Waals surface area (Å²) in [6, 6.07) is 0. The van der Waals surface area contributed by atoms with Crippen LogP contribution in [0.3, 0.4) is 0 Å². The molecule has 0 saturated heterocycles. The van der Waals surface area contributed by atoms with Crippen LogP contribution in [0.5, 0.6) is 0 Å². The van der Waals surface area contributed by atoms with Gasteiger partial charge < -0.3 is 15.7 Å². The highest BCUT2D eigenvalue weighted by Crippen LogP contribution is 2.36. The molecule has 1 fully saturated rings. The summed E-state index contributed by atoms with van der Waals surface area (Å²) in [5, 5.41) is 18.0. The van der Waals surface area contributed by atoms with Crippen LogP contribution in [0.15, 0.2) is 0 Å². The van der Waals surface area contributed by atoms with Crippen LogP contribution in [-0.4, -0.2) is 45.0 Å². The molecule has 3 atom stereocenters. The summed E-state index contributed by atoms with van der Waals surface area (Å²) < 4.78 is 0. The van der Waals surface area contributed by atoms with Gasteiger partial charge in [0.2, 0.25) is 0 Å². The highest BCUT2D eigenvalue weighted by Gasteiger charge is 2.38. The van der Waals surface area contributed by atoms with E-state index >= 15 is 0 Å². The Morgan fingerprint density at radius 2 is 1.67 bits per heavy atom. The topological polar surface area (TPSA) is 106 Å². The molecule has 18 heavy (non-hydrogen) atoms. The fourth-order valence-corrected chi connectivity index (χ4v) is 2.58. The number of hydrogen-bond acceptors (Lipinski definition) is 2. The number of aliphatic carboxylic acids is 2. The third kappa shape index (κ3) is 5.38. The van der Waals surface area contributed by atoms with Crippen LogP contribution < -0.4 is 0 Å². The number of carboxylic acid groups (broad SMARTS) is 2. The molecule has 0 aliphatic heterocycles. The molecular formula is C12H24AlO5. The summed E-state index contributed by atoms with van der Waals surface area (Å²) in [6.45, 7) is 2.11. The zero-order chi connectivity index (χ0) is 12.1. The van der Waals surface area contributed by atoms with Gasteiger partial charge in [-0.3, -0.25) is 9.59 Å². The Balaban J connectivity index is 0. The van der Waals surface area contributed by atoms with Crippen molar-refractivity contribution >= 4 is 29.3 Å². The van der Waals surface area contributed by atoms with Crippen molar-refractivity contribution in [2.45, 2.75) is 45.4 Å². The van der Waals surface area contributed by atoms with Crippen molar-refractivity contribution < 1.29 is 25.3 Å².